The van der Waals surface area contributed by atoms with Crippen LogP contribution in [0.3, 0.4) is 0 Å². The summed E-state index contributed by atoms with van der Waals surface area (Å²) in [5.41, 5.74) is 9.78. The van der Waals surface area contributed by atoms with Crippen LogP contribution < -0.4 is 11.1 Å². The zero-order chi connectivity index (χ0) is 21.6. The summed E-state index contributed by atoms with van der Waals surface area (Å²) in [6, 6.07) is 13.7. The summed E-state index contributed by atoms with van der Waals surface area (Å²) in [4.78, 5) is 24.4. The Balaban J connectivity index is 1.65. The highest BCUT2D eigenvalue weighted by Crippen LogP contribution is 2.33. The van der Waals surface area contributed by atoms with Gasteiger partial charge in [0.2, 0.25) is 0 Å². The summed E-state index contributed by atoms with van der Waals surface area (Å²) in [6.07, 6.45) is 6.78. The van der Waals surface area contributed by atoms with E-state index in [2.05, 4.69) is 22.4 Å². The Morgan fingerprint density at radius 3 is 2.68 bits per heavy atom. The van der Waals surface area contributed by atoms with Crippen molar-refractivity contribution in [3.05, 3.63) is 77.4 Å². The smallest absolute Gasteiger partial charge is 0.328 e. The highest BCUT2D eigenvalue weighted by Gasteiger charge is 2.15. The fraction of sp³-hybridized carbons (Fsp3) is 0.130. The van der Waals surface area contributed by atoms with Gasteiger partial charge in [-0.3, -0.25) is 4.98 Å². The van der Waals surface area contributed by atoms with Gasteiger partial charge in [-0.1, -0.05) is 30.3 Å². The first-order valence-corrected chi connectivity index (χ1v) is 10.6. The lowest BCUT2D eigenvalue weighted by molar-refractivity contribution is -0.131. The van der Waals surface area contributed by atoms with Gasteiger partial charge in [0, 0.05) is 47.6 Å². The van der Waals surface area contributed by atoms with E-state index in [0.29, 0.717) is 23.7 Å². The van der Waals surface area contributed by atoms with Crippen LogP contribution >= 0.6 is 11.3 Å². The number of nitrogens with one attached hydrogen (secondary N) is 1. The van der Waals surface area contributed by atoms with Gasteiger partial charge in [0.1, 0.15) is 5.82 Å². The Morgan fingerprint density at radius 1 is 1.16 bits per heavy atom. The standard InChI is InChI=1S/C23H21N5O2S/c24-18(12-15-4-2-1-3-5-15)13-26-23-21-20(17(14-31-21)6-7-19(29)30)27-22(28-23)16-8-10-25-11-9-16/h1-11,14,18H,12-13,24H2,(H,29,30)(H,26,27,28)/t18-/m0/s1. The molecule has 31 heavy (non-hydrogen) atoms. The summed E-state index contributed by atoms with van der Waals surface area (Å²) in [7, 11) is 0. The van der Waals surface area contributed by atoms with E-state index in [4.69, 9.17) is 20.8 Å². The number of aromatic nitrogens is 3. The van der Waals surface area contributed by atoms with Gasteiger partial charge in [0.05, 0.1) is 10.2 Å². The van der Waals surface area contributed by atoms with Gasteiger partial charge in [-0.15, -0.1) is 11.3 Å². The molecule has 0 saturated heterocycles. The van der Waals surface area contributed by atoms with Gasteiger partial charge in [0.25, 0.3) is 0 Å². The van der Waals surface area contributed by atoms with Crippen LogP contribution in [0.25, 0.3) is 27.7 Å². The van der Waals surface area contributed by atoms with Crippen molar-refractivity contribution >= 4 is 39.4 Å². The van der Waals surface area contributed by atoms with Crippen LogP contribution in [0.1, 0.15) is 11.1 Å². The van der Waals surface area contributed by atoms with Crippen molar-refractivity contribution in [2.75, 3.05) is 11.9 Å². The molecule has 3 aromatic heterocycles. The average Bonchev–Trinajstić information content (AvgIpc) is 3.20. The number of rotatable bonds is 8. The number of hydrogen-bond donors (Lipinski definition) is 3. The molecule has 156 valence electrons. The first kappa shape index (κ1) is 20.6. The van der Waals surface area contributed by atoms with E-state index >= 15 is 0 Å². The number of nitrogens with two attached hydrogens (primary N) is 1. The van der Waals surface area contributed by atoms with Crippen molar-refractivity contribution < 1.29 is 9.90 Å². The molecule has 0 fully saturated rings. The van der Waals surface area contributed by atoms with Crippen molar-refractivity contribution in [3.63, 3.8) is 0 Å². The molecule has 0 amide bonds. The molecule has 3 heterocycles. The number of carbonyl (C=O) groups is 1. The molecule has 0 aliphatic rings. The van der Waals surface area contributed by atoms with Gasteiger partial charge < -0.3 is 16.2 Å². The van der Waals surface area contributed by atoms with Crippen LogP contribution in [-0.4, -0.2) is 38.6 Å². The van der Waals surface area contributed by atoms with Gasteiger partial charge in [-0.25, -0.2) is 14.8 Å². The molecule has 0 bridgehead atoms. The maximum atomic E-state index is 11.0. The van der Waals surface area contributed by atoms with Crippen molar-refractivity contribution in [3.8, 4) is 11.4 Å². The lowest BCUT2D eigenvalue weighted by Crippen LogP contribution is -2.31. The largest absolute Gasteiger partial charge is 0.478 e. The van der Waals surface area contributed by atoms with Gasteiger partial charge in [-0.05, 0) is 30.2 Å². The number of anilines is 1. The first-order chi connectivity index (χ1) is 15.1. The number of nitrogens with zero attached hydrogens (tertiary/aromatic N) is 3. The molecule has 4 rings (SSSR count). The quantitative estimate of drug-likeness (QED) is 0.363. The number of thiophene rings is 1. The molecular formula is C23H21N5O2S. The van der Waals surface area contributed by atoms with E-state index < -0.39 is 5.97 Å². The number of carboxylic acids is 1. The van der Waals surface area contributed by atoms with Crippen molar-refractivity contribution in [2.24, 2.45) is 5.73 Å². The third-order valence-corrected chi connectivity index (χ3v) is 5.65. The van der Waals surface area contributed by atoms with Crippen LogP contribution in [0.5, 0.6) is 0 Å². The molecule has 1 aromatic carbocycles. The molecule has 4 N–H and O–H groups in total. The lowest BCUT2D eigenvalue weighted by atomic mass is 10.1. The molecule has 7 nitrogen and oxygen atoms in total. The van der Waals surface area contributed by atoms with Crippen molar-refractivity contribution in [1.29, 1.82) is 0 Å². The van der Waals surface area contributed by atoms with Crippen molar-refractivity contribution in [2.45, 2.75) is 12.5 Å². The van der Waals surface area contributed by atoms with Crippen LogP contribution in [0.4, 0.5) is 5.82 Å². The second kappa shape index (κ2) is 9.46. The minimum atomic E-state index is -1.01. The van der Waals surface area contributed by atoms with E-state index in [1.54, 1.807) is 18.5 Å². The molecule has 8 heteroatoms. The number of carboxylic acid groups (broad SMARTS) is 1. The summed E-state index contributed by atoms with van der Waals surface area (Å²) in [5, 5.41) is 14.2. The Kier molecular flexibility index (Phi) is 6.30. The first-order valence-electron chi connectivity index (χ1n) is 9.74. The SMILES string of the molecule is N[C@H](CNc1nc(-c2ccncc2)nc2c(C=CC(=O)O)csc12)Cc1ccccc1. The molecule has 0 spiro atoms. The van der Waals surface area contributed by atoms with Gasteiger partial charge in [0.15, 0.2) is 5.82 Å². The molecule has 0 saturated carbocycles. The maximum absolute atomic E-state index is 11.0. The molecule has 0 unspecified atom stereocenters. The predicted molar refractivity (Wildman–Crippen MR) is 124 cm³/mol. The fourth-order valence-electron chi connectivity index (χ4n) is 3.18. The van der Waals surface area contributed by atoms with Crippen LogP contribution in [-0.2, 0) is 11.2 Å². The van der Waals surface area contributed by atoms with E-state index in [-0.39, 0.29) is 6.04 Å². The average molecular weight is 432 g/mol. The van der Waals surface area contributed by atoms with Gasteiger partial charge >= 0.3 is 5.97 Å². The normalized spacial score (nSPS) is 12.3. The third kappa shape index (κ3) is 5.11. The summed E-state index contributed by atoms with van der Waals surface area (Å²) < 4.78 is 0.856. The monoisotopic (exact) mass is 431 g/mol. The predicted octanol–water partition coefficient (Wildman–Crippen LogP) is 3.83. The number of fused-ring (bicyclic) bond motifs is 1. The summed E-state index contributed by atoms with van der Waals surface area (Å²) in [5.74, 6) is 0.214. The molecule has 1 atom stereocenters. The lowest BCUT2D eigenvalue weighted by Gasteiger charge is -2.14. The zero-order valence-corrected chi connectivity index (χ0v) is 17.4. The number of benzene rings is 1. The van der Waals surface area contributed by atoms with E-state index in [9.17, 15) is 4.79 Å². The van der Waals surface area contributed by atoms with E-state index in [0.717, 1.165) is 28.3 Å². The topological polar surface area (TPSA) is 114 Å². The molecule has 0 aliphatic heterocycles. The van der Waals surface area contributed by atoms with Gasteiger partial charge in [-0.2, -0.15) is 0 Å². The number of pyridine rings is 1. The molecule has 0 radical (unpaired) electrons. The Hall–Kier alpha value is -3.62. The van der Waals surface area contributed by atoms with E-state index in [1.807, 2.05) is 35.7 Å². The molecule has 0 aliphatic carbocycles. The molecule has 4 aromatic rings. The highest BCUT2D eigenvalue weighted by molar-refractivity contribution is 7.18. The fourth-order valence-corrected chi connectivity index (χ4v) is 4.12. The number of hydrogen-bond acceptors (Lipinski definition) is 7. The van der Waals surface area contributed by atoms with Crippen molar-refractivity contribution in [1.82, 2.24) is 15.0 Å². The highest BCUT2D eigenvalue weighted by atomic mass is 32.1. The summed E-state index contributed by atoms with van der Waals surface area (Å²) >= 11 is 1.47. The maximum Gasteiger partial charge on any atom is 0.328 e. The summed E-state index contributed by atoms with van der Waals surface area (Å²) in [6.45, 7) is 0.537. The number of aliphatic carboxylic acids is 1. The Labute approximate surface area is 183 Å². The zero-order valence-electron chi connectivity index (χ0n) is 16.6. The van der Waals surface area contributed by atoms with Crippen LogP contribution in [0.15, 0.2) is 66.3 Å². The second-order valence-electron chi connectivity index (χ2n) is 7.00. The van der Waals surface area contributed by atoms with Crippen LogP contribution in [0.2, 0.25) is 0 Å². The van der Waals surface area contributed by atoms with E-state index in [1.165, 1.54) is 16.9 Å². The Morgan fingerprint density at radius 2 is 1.94 bits per heavy atom. The second-order valence-corrected chi connectivity index (χ2v) is 7.88. The third-order valence-electron chi connectivity index (χ3n) is 4.66. The minimum Gasteiger partial charge on any atom is -0.478 e. The van der Waals surface area contributed by atoms with Crippen LogP contribution in [0, 0.1) is 0 Å². The molecular weight excluding hydrogens is 410 g/mol. The minimum absolute atomic E-state index is 0.0943. The Bertz CT molecular complexity index is 1210.